The number of morpholine rings is 2. The van der Waals surface area contributed by atoms with E-state index in [0.717, 1.165) is 155 Å². The lowest BCUT2D eigenvalue weighted by atomic mass is 9.89. The molecular formula is C110H134ClN17O15. The Bertz CT molecular complexity index is 6600. The van der Waals surface area contributed by atoms with Gasteiger partial charge in [0.25, 0.3) is 0 Å². The van der Waals surface area contributed by atoms with Gasteiger partial charge in [0, 0.05) is 154 Å². The predicted octanol–water partition coefficient (Wildman–Crippen LogP) is 21.6. The van der Waals surface area contributed by atoms with Gasteiger partial charge in [0.05, 0.1) is 84.4 Å². The molecule has 2 saturated heterocycles. The van der Waals surface area contributed by atoms with E-state index in [2.05, 4.69) is 93.7 Å². The summed E-state index contributed by atoms with van der Waals surface area (Å²) in [5.74, 6) is 10.3. The number of phenols is 5. The van der Waals surface area contributed by atoms with Gasteiger partial charge in [0.15, 0.2) is 5.78 Å². The zero-order chi connectivity index (χ0) is 104. The number of Topliss-reactive ketones (excluding diaryl/α,β-unsaturated/α-hetero) is 1. The van der Waals surface area contributed by atoms with E-state index in [4.69, 9.17) is 78.9 Å². The smallest absolute Gasteiger partial charge is 0.418 e. The van der Waals surface area contributed by atoms with Crippen LogP contribution in [-0.4, -0.2) is 167 Å². The maximum Gasteiger partial charge on any atom is 0.418 e. The van der Waals surface area contributed by atoms with Crippen LogP contribution >= 0.6 is 11.6 Å². The zero-order valence-electron chi connectivity index (χ0n) is 84.3. The molecule has 0 aliphatic carbocycles. The van der Waals surface area contributed by atoms with Crippen LogP contribution in [0.2, 0.25) is 0 Å². The van der Waals surface area contributed by atoms with Crippen LogP contribution in [0.15, 0.2) is 243 Å². The van der Waals surface area contributed by atoms with E-state index in [9.17, 15) is 34.5 Å². The van der Waals surface area contributed by atoms with Gasteiger partial charge in [0.2, 0.25) is 0 Å². The standard InChI is InChI=1S/C31H37N5O4.C21H23N3O3.C16H20N2O2.C14H19N3O.C7H5ClO2.C7H10N2O.C7H9NO.C7H11NO/c1-21-9-10-22(19-26(21)37)36-29(20-28(34-36)31(2,3)4)33-30(38)32-25-11-12-27(24-8-6-5-7-23(24)25)40-18-15-35-13-16-39-17-14-35;1-14-10-11-15(12-17(14)25)24-19(13-18(23-24)21(2,3)4)22-20(26)27-16-8-6-5-7-9-16;17-15-5-6-16(14-4-2-1-3-13(14)15)20-12-9-18-7-10-19-11-8-18;1-9-5-6-10(7-11(9)18)17-13(15)8-12(16-17)14(2,3)4;8-7(9)10-6-4-2-1-3-5-6;1-5-2-3-6(9-8)4-7(5)10;1-5-2-3-6(8)4-7(5)9;1-7(2,3)6(9)4-5-8/h5-12,19-20,37H,13-18H2,1-4H3,(H2,32,33,38);5-13,25H,1-4H3,(H,22,26);1-6H,7-12,17H2;5-8,18H,15H2,1-4H3;1-5H;2-4,9-10H,8H2,1H3;2-4,9H,8H2,1H3;4H2,1-3H3. The SMILES string of the molecule is CC(C)(C)C(=O)CC#N.Cc1ccc(-n2nc(C(C)(C)C)cc2N)cc1O.Cc1ccc(-n2nc(C(C)(C)C)cc2NC(=O)Nc2ccc(OCCN3CCOCC3)c3ccccc23)cc1O.Cc1ccc(-n2nc(C(C)(C)C)cc2NC(=O)Oc2ccccc2)cc1O.Cc1ccc(N)cc1O.Cc1ccc(NN)cc1O.Nc1ccc(OCCN2CCOCC2)c2ccccc12.O=C(Cl)Oc1ccccc1. The van der Waals surface area contributed by atoms with Crippen molar-refractivity contribution >= 4 is 96.7 Å². The highest BCUT2D eigenvalue weighted by atomic mass is 35.5. The molecule has 0 spiro atoms. The Hall–Kier alpha value is -15.4. The van der Waals surface area contributed by atoms with Crippen molar-refractivity contribution in [2.45, 2.75) is 140 Å². The van der Waals surface area contributed by atoms with Crippen molar-refractivity contribution in [2.24, 2.45) is 11.3 Å². The second-order valence-corrected chi connectivity index (χ2v) is 38.2. The Morgan fingerprint density at radius 1 is 0.434 bits per heavy atom. The van der Waals surface area contributed by atoms with Crippen LogP contribution in [0.5, 0.6) is 51.7 Å². The molecule has 33 heteroatoms. The van der Waals surface area contributed by atoms with E-state index in [1.54, 1.807) is 117 Å². The number of nitriles is 1. The Balaban J connectivity index is 0.000000194. The Morgan fingerprint density at radius 2 is 0.818 bits per heavy atom. The van der Waals surface area contributed by atoms with Gasteiger partial charge in [-0.2, -0.15) is 20.6 Å². The Morgan fingerprint density at radius 3 is 1.22 bits per heavy atom. The third kappa shape index (κ3) is 34.5. The summed E-state index contributed by atoms with van der Waals surface area (Å²) in [5, 5.41) is 82.8. The number of phenolic OH excluding ortho intramolecular Hbond substituents is 5. The average Bonchev–Trinajstić information content (AvgIpc) is 1.65. The molecule has 2 fully saturated rings. The number of carbonyl (C=O) groups excluding carboxylic acids is 4. The molecule has 0 saturated carbocycles. The molecule has 0 atom stereocenters. The van der Waals surface area contributed by atoms with Crippen LogP contribution < -0.4 is 63.4 Å². The molecule has 3 amide bonds. The zero-order valence-corrected chi connectivity index (χ0v) is 85.1. The molecule has 756 valence electrons. The number of benzene rings is 11. The molecule has 14 aromatic rings. The number of aromatic nitrogens is 6. The third-order valence-electron chi connectivity index (χ3n) is 22.4. The van der Waals surface area contributed by atoms with Crippen LogP contribution in [0.4, 0.5) is 54.6 Å². The van der Waals surface area contributed by atoms with Crippen LogP contribution in [-0.2, 0) is 30.5 Å². The lowest BCUT2D eigenvalue weighted by molar-refractivity contribution is -0.125. The summed E-state index contributed by atoms with van der Waals surface area (Å²) in [7, 11) is 0. The first-order valence-electron chi connectivity index (χ1n) is 46.6. The van der Waals surface area contributed by atoms with Crippen molar-refractivity contribution in [3.63, 3.8) is 0 Å². The van der Waals surface area contributed by atoms with Crippen molar-refractivity contribution in [2.75, 3.05) is 117 Å². The van der Waals surface area contributed by atoms with Crippen LogP contribution in [0.1, 0.15) is 134 Å². The van der Waals surface area contributed by atoms with Crippen molar-refractivity contribution in [3.05, 3.63) is 288 Å². The molecule has 3 aromatic heterocycles. The molecule has 0 unspecified atom stereocenters. The normalized spacial score (nSPS) is 12.4. The number of amides is 3. The number of ether oxygens (including phenoxy) is 6. The number of anilines is 7. The molecule has 32 nitrogen and oxygen atoms in total. The van der Waals surface area contributed by atoms with Crippen molar-refractivity contribution in [3.8, 4) is 74.9 Å². The molecule has 5 heterocycles. The van der Waals surface area contributed by atoms with Gasteiger partial charge in [-0.3, -0.25) is 31.1 Å². The highest BCUT2D eigenvalue weighted by Gasteiger charge is 2.27. The quantitative estimate of drug-likeness (QED) is 0.0164. The van der Waals surface area contributed by atoms with Gasteiger partial charge in [-0.1, -0.05) is 198 Å². The molecular weight excluding hydrogens is 1830 g/mol. The summed E-state index contributed by atoms with van der Waals surface area (Å²) in [4.78, 5) is 51.3. The molecule has 16 rings (SSSR count). The lowest BCUT2D eigenvalue weighted by Gasteiger charge is -2.26. The fraction of sp³-hybridized carbons (Fsp3) is 0.309. The number of aryl methyl sites for hydroxylation is 5. The minimum atomic E-state index is -0.814. The number of hydrogen-bond acceptors (Lipinski definition) is 26. The highest BCUT2D eigenvalue weighted by molar-refractivity contribution is 6.61. The average molecular weight is 1970 g/mol. The Kier molecular flexibility index (Phi) is 40.6. The highest BCUT2D eigenvalue weighted by Crippen LogP contribution is 2.37. The number of nitrogens with one attached hydrogen (secondary N) is 4. The monoisotopic (exact) mass is 1970 g/mol. The first kappa shape index (κ1) is 111. The van der Waals surface area contributed by atoms with Gasteiger partial charge < -0.3 is 81.9 Å². The van der Waals surface area contributed by atoms with Crippen molar-refractivity contribution in [1.82, 2.24) is 39.1 Å². The molecule has 0 radical (unpaired) electrons. The van der Waals surface area contributed by atoms with Gasteiger partial charge in [0.1, 0.15) is 82.4 Å². The van der Waals surface area contributed by atoms with E-state index in [-0.39, 0.29) is 62.6 Å². The number of nitrogens with zero attached hydrogens (tertiary/aromatic N) is 9. The maximum atomic E-state index is 13.3. The topological polar surface area (TPSA) is 461 Å². The number of para-hydroxylation sites is 2. The number of nitrogens with two attached hydrogens (primary N) is 4. The summed E-state index contributed by atoms with van der Waals surface area (Å²) in [6.07, 6.45) is -0.581. The maximum absolute atomic E-state index is 13.3. The number of halogens is 1. The van der Waals surface area contributed by atoms with Crippen LogP contribution in [0, 0.1) is 51.4 Å². The fourth-order valence-corrected chi connectivity index (χ4v) is 13.7. The largest absolute Gasteiger partial charge is 0.508 e. The van der Waals surface area contributed by atoms with Gasteiger partial charge >= 0.3 is 17.6 Å². The minimum absolute atomic E-state index is 0.00463. The molecule has 143 heavy (non-hydrogen) atoms. The molecule has 0 bridgehead atoms. The van der Waals surface area contributed by atoms with Gasteiger partial charge in [-0.15, -0.1) is 0 Å². The number of aromatic hydroxyl groups is 5. The van der Waals surface area contributed by atoms with Crippen molar-refractivity contribution in [1.29, 1.82) is 5.26 Å². The summed E-state index contributed by atoms with van der Waals surface area (Å²) >= 11 is 4.95. The van der Waals surface area contributed by atoms with Crippen LogP contribution in [0.25, 0.3) is 38.6 Å². The Labute approximate surface area is 841 Å². The third-order valence-corrected chi connectivity index (χ3v) is 22.5. The predicted molar refractivity (Wildman–Crippen MR) is 568 cm³/mol. The molecule has 17 N–H and O–H groups in total. The summed E-state index contributed by atoms with van der Waals surface area (Å²) < 4.78 is 37.6. The minimum Gasteiger partial charge on any atom is -0.508 e. The van der Waals surface area contributed by atoms with E-state index < -0.39 is 17.6 Å². The summed E-state index contributed by atoms with van der Waals surface area (Å²) in [6, 6.07) is 74.3. The number of ketones is 1. The van der Waals surface area contributed by atoms with Crippen molar-refractivity contribution < 1.29 is 73.1 Å². The lowest BCUT2D eigenvalue weighted by Crippen LogP contribution is -2.38. The molecule has 2 aliphatic rings. The first-order chi connectivity index (χ1) is 67.8. The van der Waals surface area contributed by atoms with E-state index in [1.807, 2.05) is 210 Å². The number of carbonyl (C=O) groups is 4. The molecule has 11 aromatic carbocycles. The van der Waals surface area contributed by atoms with E-state index in [0.29, 0.717) is 70.6 Å². The van der Waals surface area contributed by atoms with Gasteiger partial charge in [-0.25, -0.2) is 28.4 Å². The number of hydrazine groups is 1. The number of rotatable bonds is 18. The number of hydrogen-bond donors (Lipinski definition) is 13. The molecule has 2 aliphatic heterocycles. The van der Waals surface area contributed by atoms with Crippen LogP contribution in [0.3, 0.4) is 0 Å². The van der Waals surface area contributed by atoms with E-state index >= 15 is 0 Å². The number of nitrogen functional groups attached to an aromatic ring is 4. The first-order valence-corrected chi connectivity index (χ1v) is 47.0. The summed E-state index contributed by atoms with van der Waals surface area (Å²) in [6.45, 7) is 43.2. The number of fused-ring (bicyclic) bond motifs is 2. The van der Waals surface area contributed by atoms with Gasteiger partial charge in [-0.05, 0) is 141 Å². The number of urea groups is 1. The van der Waals surface area contributed by atoms with E-state index in [1.165, 1.54) is 6.07 Å². The second kappa shape index (κ2) is 52.2. The second-order valence-electron chi connectivity index (χ2n) is 37.9. The fourth-order valence-electron chi connectivity index (χ4n) is 13.6. The summed E-state index contributed by atoms with van der Waals surface area (Å²) in [5.41, 5.74) is 29.5.